The van der Waals surface area contributed by atoms with Crippen molar-refractivity contribution >= 4 is 35.9 Å². The quantitative estimate of drug-likeness (QED) is 0.257. The lowest BCUT2D eigenvalue weighted by molar-refractivity contribution is -0.144. The SMILES string of the molecule is CCNC(=NCC(C)C(=O)OC)NC1CCc2nc(COC)nn2C1.I. The minimum atomic E-state index is -0.273. The molecule has 0 aromatic carbocycles. The van der Waals surface area contributed by atoms with E-state index in [9.17, 15) is 4.79 Å². The predicted octanol–water partition coefficient (Wildman–Crippen LogP) is 0.722. The van der Waals surface area contributed by atoms with E-state index in [4.69, 9.17) is 9.47 Å². The molecule has 148 valence electrons. The zero-order valence-electron chi connectivity index (χ0n) is 15.8. The number of carbonyl (C=O) groups excluding carboxylic acids is 1. The molecule has 10 heteroatoms. The van der Waals surface area contributed by atoms with Crippen molar-refractivity contribution in [3.05, 3.63) is 11.6 Å². The Morgan fingerprint density at radius 2 is 2.23 bits per heavy atom. The summed E-state index contributed by atoms with van der Waals surface area (Å²) in [6.45, 7) is 6.09. The lowest BCUT2D eigenvalue weighted by Crippen LogP contribution is -2.47. The lowest BCUT2D eigenvalue weighted by atomic mass is 10.1. The van der Waals surface area contributed by atoms with Crippen LogP contribution in [-0.4, -0.2) is 60.0 Å². The molecule has 0 aliphatic carbocycles. The predicted molar refractivity (Wildman–Crippen MR) is 109 cm³/mol. The summed E-state index contributed by atoms with van der Waals surface area (Å²) in [7, 11) is 3.03. The third kappa shape index (κ3) is 6.38. The summed E-state index contributed by atoms with van der Waals surface area (Å²) in [4.78, 5) is 20.5. The number of methoxy groups -OCH3 is 2. The molecule has 1 aromatic rings. The fourth-order valence-electron chi connectivity index (χ4n) is 2.69. The van der Waals surface area contributed by atoms with E-state index < -0.39 is 0 Å². The largest absolute Gasteiger partial charge is 0.469 e. The topological polar surface area (TPSA) is 103 Å². The van der Waals surface area contributed by atoms with E-state index >= 15 is 0 Å². The molecular weight excluding hydrogens is 451 g/mol. The number of nitrogens with one attached hydrogen (secondary N) is 2. The number of halogens is 1. The highest BCUT2D eigenvalue weighted by molar-refractivity contribution is 14.0. The number of aryl methyl sites for hydroxylation is 1. The molecule has 2 atom stereocenters. The molecule has 0 radical (unpaired) electrons. The first-order valence-corrected chi connectivity index (χ1v) is 8.61. The molecule has 0 amide bonds. The molecule has 26 heavy (non-hydrogen) atoms. The fourth-order valence-corrected chi connectivity index (χ4v) is 2.69. The van der Waals surface area contributed by atoms with Crippen LogP contribution >= 0.6 is 24.0 Å². The van der Waals surface area contributed by atoms with Crippen LogP contribution < -0.4 is 10.6 Å². The van der Waals surface area contributed by atoms with Crippen LogP contribution in [0, 0.1) is 5.92 Å². The Morgan fingerprint density at radius 3 is 2.88 bits per heavy atom. The van der Waals surface area contributed by atoms with Gasteiger partial charge < -0.3 is 20.1 Å². The number of fused-ring (bicyclic) bond motifs is 1. The van der Waals surface area contributed by atoms with Gasteiger partial charge in [-0.1, -0.05) is 6.92 Å². The molecule has 9 nitrogen and oxygen atoms in total. The van der Waals surface area contributed by atoms with E-state index in [-0.39, 0.29) is 41.9 Å². The second-order valence-corrected chi connectivity index (χ2v) is 6.08. The molecule has 2 rings (SSSR count). The minimum Gasteiger partial charge on any atom is -0.469 e. The van der Waals surface area contributed by atoms with Gasteiger partial charge in [-0.25, -0.2) is 9.67 Å². The number of ether oxygens (including phenoxy) is 2. The summed E-state index contributed by atoms with van der Waals surface area (Å²) < 4.78 is 11.8. The number of aromatic nitrogens is 3. The molecule has 0 spiro atoms. The molecule has 2 heterocycles. The molecule has 2 N–H and O–H groups in total. The summed E-state index contributed by atoms with van der Waals surface area (Å²) in [5.74, 6) is 1.88. The summed E-state index contributed by atoms with van der Waals surface area (Å²) >= 11 is 0. The number of hydrogen-bond donors (Lipinski definition) is 2. The maximum absolute atomic E-state index is 11.5. The van der Waals surface area contributed by atoms with Gasteiger partial charge in [-0.2, -0.15) is 5.10 Å². The molecule has 1 aliphatic rings. The van der Waals surface area contributed by atoms with Crippen LogP contribution in [0.5, 0.6) is 0 Å². The Bertz CT molecular complexity index is 607. The highest BCUT2D eigenvalue weighted by Gasteiger charge is 2.22. The van der Waals surface area contributed by atoms with Gasteiger partial charge in [0.15, 0.2) is 11.8 Å². The monoisotopic (exact) mass is 480 g/mol. The molecule has 0 bridgehead atoms. The van der Waals surface area contributed by atoms with Crippen LogP contribution in [-0.2, 0) is 33.8 Å². The van der Waals surface area contributed by atoms with Gasteiger partial charge in [0.2, 0.25) is 0 Å². The molecule has 0 fully saturated rings. The molecule has 1 aliphatic heterocycles. The highest BCUT2D eigenvalue weighted by Crippen LogP contribution is 2.13. The van der Waals surface area contributed by atoms with Crippen LogP contribution in [0.4, 0.5) is 0 Å². The smallest absolute Gasteiger partial charge is 0.310 e. The van der Waals surface area contributed by atoms with Gasteiger partial charge in [0.05, 0.1) is 26.1 Å². The zero-order valence-corrected chi connectivity index (χ0v) is 18.1. The number of nitrogens with zero attached hydrogens (tertiary/aromatic N) is 4. The van der Waals surface area contributed by atoms with Crippen molar-refractivity contribution in [2.75, 3.05) is 27.3 Å². The lowest BCUT2D eigenvalue weighted by Gasteiger charge is -2.25. The normalized spacial score (nSPS) is 17.7. The number of esters is 1. The number of rotatable bonds is 7. The Kier molecular flexibility index (Phi) is 9.84. The number of hydrogen-bond acceptors (Lipinski definition) is 6. The minimum absolute atomic E-state index is 0. The second kappa shape index (κ2) is 11.3. The first-order valence-electron chi connectivity index (χ1n) is 8.61. The van der Waals surface area contributed by atoms with Crippen LogP contribution in [0.3, 0.4) is 0 Å². The first kappa shape index (κ1) is 22.6. The van der Waals surface area contributed by atoms with E-state index in [0.29, 0.717) is 24.9 Å². The van der Waals surface area contributed by atoms with Crippen molar-refractivity contribution < 1.29 is 14.3 Å². The van der Waals surface area contributed by atoms with Crippen LogP contribution in [0.15, 0.2) is 4.99 Å². The molecule has 1 aromatic heterocycles. The van der Waals surface area contributed by atoms with Gasteiger partial charge >= 0.3 is 5.97 Å². The van der Waals surface area contributed by atoms with Crippen molar-refractivity contribution in [3.63, 3.8) is 0 Å². The summed E-state index contributed by atoms with van der Waals surface area (Å²) in [6, 6.07) is 0.204. The summed E-state index contributed by atoms with van der Waals surface area (Å²) in [6.07, 6.45) is 1.80. The Hall–Kier alpha value is -1.43. The number of carbonyl (C=O) groups is 1. The second-order valence-electron chi connectivity index (χ2n) is 6.08. The Balaban J connectivity index is 0.00000338. The van der Waals surface area contributed by atoms with Crippen molar-refractivity contribution in [2.45, 2.75) is 45.9 Å². The first-order chi connectivity index (χ1) is 12.1. The van der Waals surface area contributed by atoms with Crippen LogP contribution in [0.1, 0.15) is 31.9 Å². The van der Waals surface area contributed by atoms with Gasteiger partial charge in [-0.3, -0.25) is 9.79 Å². The van der Waals surface area contributed by atoms with Gasteiger partial charge in [0.25, 0.3) is 0 Å². The fraction of sp³-hybridized carbons (Fsp3) is 0.750. The third-order valence-electron chi connectivity index (χ3n) is 3.99. The summed E-state index contributed by atoms with van der Waals surface area (Å²) in [5, 5.41) is 11.1. The maximum atomic E-state index is 11.5. The third-order valence-corrected chi connectivity index (χ3v) is 3.99. The Labute approximate surface area is 171 Å². The van der Waals surface area contributed by atoms with Crippen LogP contribution in [0.2, 0.25) is 0 Å². The van der Waals surface area contributed by atoms with E-state index in [0.717, 1.165) is 31.8 Å². The molecule has 0 saturated carbocycles. The summed E-state index contributed by atoms with van der Waals surface area (Å²) in [5.41, 5.74) is 0. The van der Waals surface area contributed by atoms with Gasteiger partial charge in [0, 0.05) is 26.1 Å². The van der Waals surface area contributed by atoms with E-state index in [1.165, 1.54) is 7.11 Å². The molecule has 2 unspecified atom stereocenters. The van der Waals surface area contributed by atoms with E-state index in [1.807, 2.05) is 11.6 Å². The Morgan fingerprint density at radius 1 is 1.46 bits per heavy atom. The van der Waals surface area contributed by atoms with Crippen molar-refractivity contribution in [3.8, 4) is 0 Å². The van der Waals surface area contributed by atoms with Gasteiger partial charge in [-0.15, -0.1) is 24.0 Å². The van der Waals surface area contributed by atoms with Gasteiger partial charge in [0.1, 0.15) is 12.4 Å². The average molecular weight is 480 g/mol. The maximum Gasteiger partial charge on any atom is 0.310 e. The number of guanidine groups is 1. The van der Waals surface area contributed by atoms with Gasteiger partial charge in [-0.05, 0) is 13.3 Å². The van der Waals surface area contributed by atoms with Crippen molar-refractivity contribution in [1.82, 2.24) is 25.4 Å². The van der Waals surface area contributed by atoms with Crippen LogP contribution in [0.25, 0.3) is 0 Å². The molecule has 0 saturated heterocycles. The standard InChI is InChI=1S/C16H28N6O3.HI/c1-5-17-16(18-8-11(2)15(23)25-4)19-12-6-7-14-20-13(10-24-3)21-22(14)9-12;/h11-12H,5-10H2,1-4H3,(H2,17,18,19);1H. The average Bonchev–Trinajstić information content (AvgIpc) is 3.00. The molecular formula is C16H29IN6O3. The van der Waals surface area contributed by atoms with Crippen molar-refractivity contribution in [2.24, 2.45) is 10.9 Å². The van der Waals surface area contributed by atoms with E-state index in [1.54, 1.807) is 14.0 Å². The number of aliphatic imine (C=N–C) groups is 1. The highest BCUT2D eigenvalue weighted by atomic mass is 127. The zero-order chi connectivity index (χ0) is 18.2. The van der Waals surface area contributed by atoms with Crippen molar-refractivity contribution in [1.29, 1.82) is 0 Å². The van der Waals surface area contributed by atoms with E-state index in [2.05, 4.69) is 25.7 Å².